The van der Waals surface area contributed by atoms with Crippen LogP contribution >= 0.6 is 0 Å². The number of amides is 1. The molecule has 0 aliphatic rings. The van der Waals surface area contributed by atoms with Crippen LogP contribution in [0.4, 0.5) is 5.69 Å². The summed E-state index contributed by atoms with van der Waals surface area (Å²) >= 11 is 0. The van der Waals surface area contributed by atoms with E-state index in [4.69, 9.17) is 0 Å². The van der Waals surface area contributed by atoms with Crippen molar-refractivity contribution in [3.8, 4) is 5.69 Å². The number of H-pyrrole nitrogens is 1. The molecule has 0 radical (unpaired) electrons. The average Bonchev–Trinajstić information content (AvgIpc) is 3.33. The number of carbonyl (C=O) groups is 1. The molecular formula is C20H17N9O2. The molecule has 0 atom stereocenters. The Morgan fingerprint density at radius 2 is 2.03 bits per heavy atom. The van der Waals surface area contributed by atoms with Crippen molar-refractivity contribution in [2.75, 3.05) is 5.32 Å². The number of nitrogens with zero attached hydrogens (tertiary/aromatic N) is 7. The van der Waals surface area contributed by atoms with Crippen LogP contribution in [0.25, 0.3) is 22.5 Å². The van der Waals surface area contributed by atoms with E-state index < -0.39 is 0 Å². The molecule has 0 bridgehead atoms. The van der Waals surface area contributed by atoms with E-state index in [0.717, 1.165) is 11.4 Å². The number of aromatic nitrogens is 8. The Bertz CT molecular complexity index is 1510. The molecule has 4 heterocycles. The molecule has 0 spiro atoms. The van der Waals surface area contributed by atoms with E-state index in [1.165, 1.54) is 17.2 Å². The van der Waals surface area contributed by atoms with Gasteiger partial charge in [-0.1, -0.05) is 12.1 Å². The van der Waals surface area contributed by atoms with Gasteiger partial charge in [0.1, 0.15) is 5.39 Å². The minimum absolute atomic E-state index is 0.0199. The first kappa shape index (κ1) is 18.6. The molecular weight excluding hydrogens is 398 g/mol. The number of aryl methyl sites for hydroxylation is 2. The van der Waals surface area contributed by atoms with Crippen LogP contribution in [0.1, 0.15) is 17.2 Å². The Hall–Kier alpha value is -4.41. The van der Waals surface area contributed by atoms with Crippen molar-refractivity contribution >= 4 is 28.4 Å². The molecule has 0 saturated heterocycles. The number of hydrogen-bond donors (Lipinski definition) is 2. The highest BCUT2D eigenvalue weighted by Gasteiger charge is 2.16. The maximum Gasteiger partial charge on any atom is 0.261 e. The summed E-state index contributed by atoms with van der Waals surface area (Å²) in [6.07, 6.45) is 2.74. The molecule has 11 heteroatoms. The molecule has 0 saturated carbocycles. The second-order valence-corrected chi connectivity index (χ2v) is 7.05. The summed E-state index contributed by atoms with van der Waals surface area (Å²) in [7, 11) is 0. The number of para-hydroxylation sites is 2. The van der Waals surface area contributed by atoms with E-state index >= 15 is 0 Å². The zero-order valence-electron chi connectivity index (χ0n) is 16.7. The molecule has 0 aliphatic carbocycles. The van der Waals surface area contributed by atoms with Gasteiger partial charge >= 0.3 is 0 Å². The predicted molar refractivity (Wildman–Crippen MR) is 112 cm³/mol. The molecule has 5 aromatic rings. The topological polar surface area (TPSA) is 136 Å². The van der Waals surface area contributed by atoms with Crippen LogP contribution in [0.5, 0.6) is 0 Å². The van der Waals surface area contributed by atoms with E-state index in [9.17, 15) is 9.59 Å². The molecule has 2 N–H and O–H groups in total. The number of aromatic amines is 1. The van der Waals surface area contributed by atoms with E-state index in [-0.39, 0.29) is 17.9 Å². The highest BCUT2D eigenvalue weighted by Crippen LogP contribution is 2.22. The molecule has 5 rings (SSSR count). The van der Waals surface area contributed by atoms with Crippen LogP contribution in [-0.4, -0.2) is 45.2 Å². The summed E-state index contributed by atoms with van der Waals surface area (Å²) in [5.74, 6) is 0.536. The summed E-state index contributed by atoms with van der Waals surface area (Å²) < 4.78 is 3.13. The van der Waals surface area contributed by atoms with Crippen molar-refractivity contribution in [2.24, 2.45) is 0 Å². The Balaban J connectivity index is 1.44. The van der Waals surface area contributed by atoms with Crippen molar-refractivity contribution in [1.29, 1.82) is 0 Å². The standard InChI is InChI=1S/C20H17N9O2/c1-11-7-12(2)28-20(24-11)26-16(27-28)8-17(30)25-14-5-3-4-6-15(14)29-18-13(9-23-29)19(31)22-10-21-18/h3-7,9-10H,8H2,1-2H3,(H,25,30)(H,21,22,31). The van der Waals surface area contributed by atoms with Gasteiger partial charge in [0.05, 0.1) is 30.3 Å². The van der Waals surface area contributed by atoms with Crippen LogP contribution in [0.2, 0.25) is 0 Å². The smallest absolute Gasteiger partial charge is 0.261 e. The number of anilines is 1. The van der Waals surface area contributed by atoms with E-state index in [0.29, 0.717) is 34.0 Å². The lowest BCUT2D eigenvalue weighted by Gasteiger charge is -2.11. The maximum absolute atomic E-state index is 12.7. The van der Waals surface area contributed by atoms with Gasteiger partial charge in [0, 0.05) is 11.4 Å². The summed E-state index contributed by atoms with van der Waals surface area (Å²) in [6.45, 7) is 3.79. The normalized spacial score (nSPS) is 11.3. The Morgan fingerprint density at radius 3 is 2.90 bits per heavy atom. The number of hydrogen-bond acceptors (Lipinski definition) is 7. The molecule has 0 unspecified atom stereocenters. The third kappa shape index (κ3) is 3.31. The Morgan fingerprint density at radius 1 is 1.19 bits per heavy atom. The SMILES string of the molecule is Cc1cc(C)n2nc(CC(=O)Nc3ccccc3-n3ncc4c(=O)[nH]cnc43)nc2n1. The van der Waals surface area contributed by atoms with Crippen molar-refractivity contribution < 1.29 is 4.79 Å². The largest absolute Gasteiger partial charge is 0.324 e. The van der Waals surface area contributed by atoms with Gasteiger partial charge in [-0.25, -0.2) is 19.2 Å². The average molecular weight is 415 g/mol. The molecule has 0 fully saturated rings. The van der Waals surface area contributed by atoms with Crippen LogP contribution in [-0.2, 0) is 11.2 Å². The lowest BCUT2D eigenvalue weighted by molar-refractivity contribution is -0.115. The number of benzene rings is 1. The zero-order chi connectivity index (χ0) is 21.5. The molecule has 31 heavy (non-hydrogen) atoms. The van der Waals surface area contributed by atoms with Gasteiger partial charge < -0.3 is 10.3 Å². The first-order valence-corrected chi connectivity index (χ1v) is 9.50. The van der Waals surface area contributed by atoms with Gasteiger partial charge in [-0.2, -0.15) is 10.1 Å². The fourth-order valence-corrected chi connectivity index (χ4v) is 3.42. The van der Waals surface area contributed by atoms with E-state index in [1.54, 1.807) is 22.7 Å². The van der Waals surface area contributed by atoms with Gasteiger partial charge in [0.2, 0.25) is 5.91 Å². The number of carbonyl (C=O) groups excluding carboxylic acids is 1. The third-order valence-electron chi connectivity index (χ3n) is 4.76. The second-order valence-electron chi connectivity index (χ2n) is 7.05. The fourth-order valence-electron chi connectivity index (χ4n) is 3.42. The number of fused-ring (bicyclic) bond motifs is 2. The van der Waals surface area contributed by atoms with Gasteiger partial charge in [0.25, 0.3) is 11.3 Å². The molecule has 1 aromatic carbocycles. The van der Waals surface area contributed by atoms with Crippen LogP contribution in [0.15, 0.2) is 47.7 Å². The van der Waals surface area contributed by atoms with Crippen LogP contribution in [0.3, 0.4) is 0 Å². The molecule has 1 amide bonds. The summed E-state index contributed by atoms with van der Waals surface area (Å²) in [6, 6.07) is 9.04. The molecule has 4 aromatic heterocycles. The highest BCUT2D eigenvalue weighted by atomic mass is 16.1. The minimum atomic E-state index is -0.292. The first-order valence-electron chi connectivity index (χ1n) is 9.50. The molecule has 11 nitrogen and oxygen atoms in total. The first-order chi connectivity index (χ1) is 15.0. The van der Waals surface area contributed by atoms with Gasteiger partial charge in [-0.3, -0.25) is 9.59 Å². The van der Waals surface area contributed by atoms with Crippen molar-refractivity contribution in [3.05, 3.63) is 70.4 Å². The summed E-state index contributed by atoms with van der Waals surface area (Å²) in [5.41, 5.74) is 2.94. The van der Waals surface area contributed by atoms with E-state index in [2.05, 4.69) is 35.5 Å². The predicted octanol–water partition coefficient (Wildman–Crippen LogP) is 1.34. The monoisotopic (exact) mass is 415 g/mol. The van der Waals surface area contributed by atoms with E-state index in [1.807, 2.05) is 26.0 Å². The van der Waals surface area contributed by atoms with Crippen molar-refractivity contribution in [1.82, 2.24) is 39.3 Å². The quantitative estimate of drug-likeness (QED) is 0.452. The van der Waals surface area contributed by atoms with Crippen LogP contribution < -0.4 is 10.9 Å². The third-order valence-corrected chi connectivity index (χ3v) is 4.76. The number of rotatable bonds is 4. The molecule has 154 valence electrons. The second kappa shape index (κ2) is 7.13. The maximum atomic E-state index is 12.7. The van der Waals surface area contributed by atoms with Gasteiger partial charge in [0.15, 0.2) is 11.5 Å². The lowest BCUT2D eigenvalue weighted by Crippen LogP contribution is -2.17. The fraction of sp³-hybridized carbons (Fsp3) is 0.150. The highest BCUT2D eigenvalue weighted by molar-refractivity contribution is 5.94. The van der Waals surface area contributed by atoms with Gasteiger partial charge in [-0.05, 0) is 32.0 Å². The Kier molecular flexibility index (Phi) is 4.28. The minimum Gasteiger partial charge on any atom is -0.324 e. The van der Waals surface area contributed by atoms with Crippen molar-refractivity contribution in [3.63, 3.8) is 0 Å². The van der Waals surface area contributed by atoms with Crippen LogP contribution in [0, 0.1) is 13.8 Å². The lowest BCUT2D eigenvalue weighted by atomic mass is 10.2. The molecule has 0 aliphatic heterocycles. The zero-order valence-corrected chi connectivity index (χ0v) is 16.7. The summed E-state index contributed by atoms with van der Waals surface area (Å²) in [4.78, 5) is 40.1. The number of nitrogens with one attached hydrogen (secondary N) is 2. The van der Waals surface area contributed by atoms with Gasteiger partial charge in [-0.15, -0.1) is 5.10 Å². The Labute approximate surface area is 174 Å². The van der Waals surface area contributed by atoms with Crippen molar-refractivity contribution in [2.45, 2.75) is 20.3 Å². The summed E-state index contributed by atoms with van der Waals surface area (Å²) in [5, 5.41) is 11.9.